The minimum absolute atomic E-state index is 0.0351. The summed E-state index contributed by atoms with van der Waals surface area (Å²) in [6.45, 7) is 0.597. The smallest absolute Gasteiger partial charge is 0.227 e. The third-order valence-corrected chi connectivity index (χ3v) is 4.29. The zero-order chi connectivity index (χ0) is 13.8. The Bertz CT molecular complexity index is 582. The van der Waals surface area contributed by atoms with Crippen molar-refractivity contribution in [2.24, 2.45) is 0 Å². The Kier molecular flexibility index (Phi) is 4.61. The number of halogens is 1. The summed E-state index contributed by atoms with van der Waals surface area (Å²) in [7, 11) is 1.79. The molecule has 100 valence electrons. The number of carbonyl (C=O) groups excluding carboxylic acids is 1. The molecule has 1 amide bonds. The van der Waals surface area contributed by atoms with Crippen LogP contribution < -0.4 is 0 Å². The molecule has 0 saturated heterocycles. The Morgan fingerprint density at radius 2 is 2.16 bits per heavy atom. The lowest BCUT2D eigenvalue weighted by molar-refractivity contribution is -0.129. The molecule has 0 spiro atoms. The molecule has 19 heavy (non-hydrogen) atoms. The maximum Gasteiger partial charge on any atom is 0.227 e. The summed E-state index contributed by atoms with van der Waals surface area (Å²) in [6.07, 6.45) is 0.302. The van der Waals surface area contributed by atoms with Crippen LogP contribution in [0.25, 0.3) is 0 Å². The largest absolute Gasteiger partial charge is 0.508 e. The number of hydrogen-bond donors (Lipinski definition) is 1. The SMILES string of the molecule is CN(Cc1csc(Br)c1)C(=O)Cc1cccc(O)c1. The second kappa shape index (κ2) is 6.21. The topological polar surface area (TPSA) is 40.5 Å². The molecule has 0 unspecified atom stereocenters. The van der Waals surface area contributed by atoms with Crippen LogP contribution in [0.1, 0.15) is 11.1 Å². The van der Waals surface area contributed by atoms with Gasteiger partial charge in [0, 0.05) is 13.6 Å². The molecule has 1 aromatic carbocycles. The van der Waals surface area contributed by atoms with E-state index in [1.807, 2.05) is 17.5 Å². The Balaban J connectivity index is 1.96. The van der Waals surface area contributed by atoms with E-state index in [1.165, 1.54) is 0 Å². The number of amides is 1. The molecule has 2 rings (SSSR count). The second-order valence-corrected chi connectivity index (χ2v) is 6.65. The van der Waals surface area contributed by atoms with Crippen LogP contribution in [0.2, 0.25) is 0 Å². The molecular weight excluding hydrogens is 326 g/mol. The summed E-state index contributed by atoms with van der Waals surface area (Å²) in [6, 6.07) is 8.82. The van der Waals surface area contributed by atoms with Crippen LogP contribution in [0, 0.1) is 0 Å². The minimum Gasteiger partial charge on any atom is -0.508 e. The molecule has 0 saturated carbocycles. The molecule has 5 heteroatoms. The van der Waals surface area contributed by atoms with E-state index in [-0.39, 0.29) is 11.7 Å². The van der Waals surface area contributed by atoms with E-state index in [9.17, 15) is 9.90 Å². The van der Waals surface area contributed by atoms with Crippen molar-refractivity contribution in [1.82, 2.24) is 4.90 Å². The fourth-order valence-corrected chi connectivity index (χ4v) is 2.97. The van der Waals surface area contributed by atoms with Gasteiger partial charge in [-0.25, -0.2) is 0 Å². The van der Waals surface area contributed by atoms with Gasteiger partial charge in [-0.3, -0.25) is 4.79 Å². The summed E-state index contributed by atoms with van der Waals surface area (Å²) in [5.41, 5.74) is 1.94. The van der Waals surface area contributed by atoms with E-state index in [4.69, 9.17) is 0 Å². The predicted molar refractivity (Wildman–Crippen MR) is 80.3 cm³/mol. The number of rotatable bonds is 4. The number of phenols is 1. The van der Waals surface area contributed by atoms with Crippen molar-refractivity contribution in [3.63, 3.8) is 0 Å². The first-order chi connectivity index (χ1) is 9.04. The van der Waals surface area contributed by atoms with Gasteiger partial charge in [0.25, 0.3) is 0 Å². The number of thiophene rings is 1. The Labute approximate surface area is 124 Å². The number of hydrogen-bond acceptors (Lipinski definition) is 3. The summed E-state index contributed by atoms with van der Waals surface area (Å²) in [5.74, 6) is 0.225. The molecule has 0 aliphatic carbocycles. The van der Waals surface area contributed by atoms with Crippen molar-refractivity contribution >= 4 is 33.2 Å². The number of benzene rings is 1. The summed E-state index contributed by atoms with van der Waals surface area (Å²) >= 11 is 5.02. The maximum atomic E-state index is 12.1. The van der Waals surface area contributed by atoms with Crippen molar-refractivity contribution in [2.75, 3.05) is 7.05 Å². The van der Waals surface area contributed by atoms with E-state index >= 15 is 0 Å². The highest BCUT2D eigenvalue weighted by Crippen LogP contribution is 2.21. The Morgan fingerprint density at radius 3 is 2.79 bits per heavy atom. The lowest BCUT2D eigenvalue weighted by Crippen LogP contribution is -2.27. The molecule has 0 bridgehead atoms. The molecule has 0 atom stereocenters. The van der Waals surface area contributed by atoms with Crippen molar-refractivity contribution < 1.29 is 9.90 Å². The lowest BCUT2D eigenvalue weighted by atomic mass is 10.1. The molecular formula is C14H14BrNO2S. The number of phenolic OH excluding ortho intramolecular Hbond substituents is 1. The molecule has 0 aliphatic heterocycles. The first-order valence-corrected chi connectivity index (χ1v) is 7.46. The third-order valence-electron chi connectivity index (χ3n) is 2.73. The van der Waals surface area contributed by atoms with E-state index in [1.54, 1.807) is 41.5 Å². The van der Waals surface area contributed by atoms with Crippen molar-refractivity contribution in [2.45, 2.75) is 13.0 Å². The zero-order valence-corrected chi connectivity index (χ0v) is 12.9. The van der Waals surface area contributed by atoms with Gasteiger partial charge in [-0.05, 0) is 50.6 Å². The molecule has 2 aromatic rings. The van der Waals surface area contributed by atoms with Gasteiger partial charge < -0.3 is 10.0 Å². The number of nitrogens with zero attached hydrogens (tertiary/aromatic N) is 1. The van der Waals surface area contributed by atoms with E-state index in [0.29, 0.717) is 13.0 Å². The van der Waals surface area contributed by atoms with Gasteiger partial charge in [-0.2, -0.15) is 0 Å². The monoisotopic (exact) mass is 339 g/mol. The predicted octanol–water partition coefficient (Wildman–Crippen LogP) is 3.42. The summed E-state index contributed by atoms with van der Waals surface area (Å²) in [5, 5.41) is 11.4. The second-order valence-electron chi connectivity index (χ2n) is 4.36. The highest BCUT2D eigenvalue weighted by atomic mass is 79.9. The van der Waals surface area contributed by atoms with Gasteiger partial charge in [0.15, 0.2) is 0 Å². The molecule has 0 aliphatic rings. The normalized spacial score (nSPS) is 10.4. The van der Waals surface area contributed by atoms with Crippen LogP contribution >= 0.6 is 27.3 Å². The first-order valence-electron chi connectivity index (χ1n) is 5.79. The van der Waals surface area contributed by atoms with Gasteiger partial charge in [0.1, 0.15) is 5.75 Å². The van der Waals surface area contributed by atoms with E-state index in [2.05, 4.69) is 15.9 Å². The summed E-state index contributed by atoms with van der Waals surface area (Å²) in [4.78, 5) is 13.8. The maximum absolute atomic E-state index is 12.1. The van der Waals surface area contributed by atoms with Gasteiger partial charge >= 0.3 is 0 Å². The van der Waals surface area contributed by atoms with Gasteiger partial charge in [0.05, 0.1) is 10.2 Å². The fourth-order valence-electron chi connectivity index (χ4n) is 1.77. The highest BCUT2D eigenvalue weighted by Gasteiger charge is 2.11. The van der Waals surface area contributed by atoms with Crippen LogP contribution in [0.3, 0.4) is 0 Å². The van der Waals surface area contributed by atoms with Crippen LogP contribution in [0.15, 0.2) is 39.5 Å². The van der Waals surface area contributed by atoms with Crippen LogP contribution in [-0.4, -0.2) is 23.0 Å². The molecule has 3 nitrogen and oxygen atoms in total. The number of carbonyl (C=O) groups is 1. The fraction of sp³-hybridized carbons (Fsp3) is 0.214. The Morgan fingerprint density at radius 1 is 1.37 bits per heavy atom. The molecule has 0 radical (unpaired) electrons. The Hall–Kier alpha value is -1.33. The average molecular weight is 340 g/mol. The molecule has 1 N–H and O–H groups in total. The van der Waals surface area contributed by atoms with Crippen LogP contribution in [0.5, 0.6) is 5.75 Å². The van der Waals surface area contributed by atoms with Gasteiger partial charge in [-0.1, -0.05) is 12.1 Å². The van der Waals surface area contributed by atoms with E-state index < -0.39 is 0 Å². The van der Waals surface area contributed by atoms with Crippen molar-refractivity contribution in [3.8, 4) is 5.75 Å². The molecule has 1 aromatic heterocycles. The molecule has 1 heterocycles. The van der Waals surface area contributed by atoms with Crippen molar-refractivity contribution in [3.05, 3.63) is 50.6 Å². The zero-order valence-electron chi connectivity index (χ0n) is 10.5. The van der Waals surface area contributed by atoms with Gasteiger partial charge in [0.2, 0.25) is 5.91 Å². The van der Waals surface area contributed by atoms with E-state index in [0.717, 1.165) is 14.9 Å². The quantitative estimate of drug-likeness (QED) is 0.927. The van der Waals surface area contributed by atoms with Crippen LogP contribution in [0.4, 0.5) is 0 Å². The average Bonchev–Trinajstić information content (AvgIpc) is 2.74. The van der Waals surface area contributed by atoms with Crippen molar-refractivity contribution in [1.29, 1.82) is 0 Å². The third kappa shape index (κ3) is 4.08. The summed E-state index contributed by atoms with van der Waals surface area (Å²) < 4.78 is 1.07. The minimum atomic E-state index is 0.0351. The van der Waals surface area contributed by atoms with Gasteiger partial charge in [-0.15, -0.1) is 11.3 Å². The van der Waals surface area contributed by atoms with Crippen LogP contribution in [-0.2, 0) is 17.8 Å². The first kappa shape index (κ1) is 14.1. The highest BCUT2D eigenvalue weighted by molar-refractivity contribution is 9.11. The standard InChI is InChI=1S/C14H14BrNO2S/c1-16(8-11-6-13(15)19-9-11)14(18)7-10-3-2-4-12(17)5-10/h2-6,9,17H,7-8H2,1H3. The number of likely N-dealkylation sites (N-methyl/N-ethyl adjacent to an activating group) is 1. The lowest BCUT2D eigenvalue weighted by Gasteiger charge is -2.16. The number of aromatic hydroxyl groups is 1. The molecule has 0 fully saturated rings.